The van der Waals surface area contributed by atoms with Crippen LogP contribution in [0.25, 0.3) is 5.69 Å². The lowest BCUT2D eigenvalue weighted by atomic mass is 10.00. The van der Waals surface area contributed by atoms with Gasteiger partial charge in [-0.3, -0.25) is 0 Å². The second-order valence-electron chi connectivity index (χ2n) is 4.02. The first-order valence-electron chi connectivity index (χ1n) is 5.33. The van der Waals surface area contributed by atoms with Crippen LogP contribution in [0.15, 0.2) is 36.8 Å². The molecule has 0 amide bonds. The fourth-order valence-electron chi connectivity index (χ4n) is 1.95. The van der Waals surface area contributed by atoms with Crippen LogP contribution in [-0.4, -0.2) is 22.6 Å². The van der Waals surface area contributed by atoms with Gasteiger partial charge in [-0.05, 0) is 18.2 Å². The standard InChI is InChI=1S/C12H12ClN3/c13-10-2-1-3-11(4-10)16-8-15-7-12(16)9-5-14-6-9/h1-4,7-9,14H,5-6H2. The Morgan fingerprint density at radius 3 is 2.94 bits per heavy atom. The average molecular weight is 234 g/mol. The molecule has 16 heavy (non-hydrogen) atoms. The molecule has 82 valence electrons. The first kappa shape index (κ1) is 9.87. The van der Waals surface area contributed by atoms with E-state index in [9.17, 15) is 0 Å². The number of nitrogens with one attached hydrogen (secondary N) is 1. The van der Waals surface area contributed by atoms with Crippen molar-refractivity contribution >= 4 is 11.6 Å². The van der Waals surface area contributed by atoms with Gasteiger partial charge in [-0.1, -0.05) is 17.7 Å². The smallest absolute Gasteiger partial charge is 0.0994 e. The zero-order valence-electron chi connectivity index (χ0n) is 8.73. The van der Waals surface area contributed by atoms with E-state index in [4.69, 9.17) is 11.6 Å². The van der Waals surface area contributed by atoms with E-state index in [1.807, 2.05) is 36.8 Å². The molecular weight excluding hydrogens is 222 g/mol. The molecule has 1 N–H and O–H groups in total. The molecule has 0 radical (unpaired) electrons. The van der Waals surface area contributed by atoms with Crippen molar-refractivity contribution in [3.63, 3.8) is 0 Å². The highest BCUT2D eigenvalue weighted by atomic mass is 35.5. The van der Waals surface area contributed by atoms with Crippen LogP contribution in [0.3, 0.4) is 0 Å². The molecule has 0 bridgehead atoms. The van der Waals surface area contributed by atoms with E-state index in [0.717, 1.165) is 23.8 Å². The number of rotatable bonds is 2. The lowest BCUT2D eigenvalue weighted by molar-refractivity contribution is 0.435. The van der Waals surface area contributed by atoms with Gasteiger partial charge in [0.1, 0.15) is 0 Å². The van der Waals surface area contributed by atoms with Crippen molar-refractivity contribution in [3.05, 3.63) is 47.5 Å². The van der Waals surface area contributed by atoms with E-state index in [1.165, 1.54) is 5.69 Å². The molecule has 4 heteroatoms. The first-order valence-corrected chi connectivity index (χ1v) is 5.71. The molecule has 1 saturated heterocycles. The maximum atomic E-state index is 6.00. The van der Waals surface area contributed by atoms with E-state index in [1.54, 1.807) is 0 Å². The van der Waals surface area contributed by atoms with Gasteiger partial charge in [-0.2, -0.15) is 0 Å². The number of hydrogen-bond donors (Lipinski definition) is 1. The van der Waals surface area contributed by atoms with E-state index < -0.39 is 0 Å². The first-order chi connectivity index (χ1) is 7.84. The predicted molar refractivity (Wildman–Crippen MR) is 64.2 cm³/mol. The Bertz CT molecular complexity index is 502. The number of imidazole rings is 1. The summed E-state index contributed by atoms with van der Waals surface area (Å²) < 4.78 is 2.11. The lowest BCUT2D eigenvalue weighted by Gasteiger charge is -2.27. The van der Waals surface area contributed by atoms with Gasteiger partial charge in [0, 0.05) is 41.6 Å². The summed E-state index contributed by atoms with van der Waals surface area (Å²) in [4.78, 5) is 4.22. The summed E-state index contributed by atoms with van der Waals surface area (Å²) in [6.45, 7) is 2.07. The molecule has 0 unspecified atom stereocenters. The predicted octanol–water partition coefficient (Wildman–Crippen LogP) is 2.21. The zero-order valence-corrected chi connectivity index (χ0v) is 9.48. The van der Waals surface area contributed by atoms with Crippen molar-refractivity contribution in [3.8, 4) is 5.69 Å². The molecule has 1 aliphatic heterocycles. The SMILES string of the molecule is Clc1cccc(-n2cncc2C2CNC2)c1. The van der Waals surface area contributed by atoms with Crippen molar-refractivity contribution < 1.29 is 0 Å². The van der Waals surface area contributed by atoms with E-state index in [-0.39, 0.29) is 0 Å². The van der Waals surface area contributed by atoms with Crippen LogP contribution >= 0.6 is 11.6 Å². The summed E-state index contributed by atoms with van der Waals surface area (Å²) in [5.41, 5.74) is 2.33. The fourth-order valence-corrected chi connectivity index (χ4v) is 2.13. The van der Waals surface area contributed by atoms with Gasteiger partial charge in [0.25, 0.3) is 0 Å². The molecule has 1 fully saturated rings. The van der Waals surface area contributed by atoms with Gasteiger partial charge in [0.2, 0.25) is 0 Å². The average Bonchev–Trinajstić information content (AvgIpc) is 2.64. The highest BCUT2D eigenvalue weighted by Gasteiger charge is 2.22. The van der Waals surface area contributed by atoms with Crippen molar-refractivity contribution in [1.29, 1.82) is 0 Å². The molecule has 0 atom stereocenters. The quantitative estimate of drug-likeness (QED) is 0.862. The highest BCUT2D eigenvalue weighted by Crippen LogP contribution is 2.23. The van der Waals surface area contributed by atoms with E-state index in [0.29, 0.717) is 5.92 Å². The second kappa shape index (κ2) is 3.92. The minimum atomic E-state index is 0.571. The van der Waals surface area contributed by atoms with Gasteiger partial charge >= 0.3 is 0 Å². The molecule has 1 aliphatic rings. The second-order valence-corrected chi connectivity index (χ2v) is 4.46. The largest absolute Gasteiger partial charge is 0.315 e. The van der Waals surface area contributed by atoms with Crippen LogP contribution < -0.4 is 5.32 Å². The number of halogens is 1. The fraction of sp³-hybridized carbons (Fsp3) is 0.250. The van der Waals surface area contributed by atoms with Crippen molar-refractivity contribution in [1.82, 2.24) is 14.9 Å². The van der Waals surface area contributed by atoms with Crippen molar-refractivity contribution in [2.45, 2.75) is 5.92 Å². The van der Waals surface area contributed by atoms with Gasteiger partial charge in [0.15, 0.2) is 0 Å². The van der Waals surface area contributed by atoms with Gasteiger partial charge in [0.05, 0.1) is 6.33 Å². The number of benzene rings is 1. The molecule has 0 aliphatic carbocycles. The molecule has 2 aromatic rings. The third-order valence-electron chi connectivity index (χ3n) is 2.95. The highest BCUT2D eigenvalue weighted by molar-refractivity contribution is 6.30. The maximum absolute atomic E-state index is 6.00. The number of hydrogen-bond acceptors (Lipinski definition) is 2. The van der Waals surface area contributed by atoms with Crippen molar-refractivity contribution in [2.75, 3.05) is 13.1 Å². The molecule has 1 aromatic heterocycles. The minimum absolute atomic E-state index is 0.571. The summed E-state index contributed by atoms with van der Waals surface area (Å²) in [6.07, 6.45) is 3.78. The summed E-state index contributed by atoms with van der Waals surface area (Å²) in [5, 5.41) is 4.03. The molecule has 1 aromatic carbocycles. The van der Waals surface area contributed by atoms with Crippen LogP contribution in [0.4, 0.5) is 0 Å². The topological polar surface area (TPSA) is 29.9 Å². The summed E-state index contributed by atoms with van der Waals surface area (Å²) in [7, 11) is 0. The monoisotopic (exact) mass is 233 g/mol. The Hall–Kier alpha value is -1.32. The minimum Gasteiger partial charge on any atom is -0.315 e. The Morgan fingerprint density at radius 2 is 2.25 bits per heavy atom. The number of aromatic nitrogens is 2. The van der Waals surface area contributed by atoms with E-state index in [2.05, 4.69) is 14.9 Å². The van der Waals surface area contributed by atoms with Crippen LogP contribution in [0.2, 0.25) is 5.02 Å². The van der Waals surface area contributed by atoms with Crippen molar-refractivity contribution in [2.24, 2.45) is 0 Å². The van der Waals surface area contributed by atoms with Crippen LogP contribution in [0.5, 0.6) is 0 Å². The number of nitrogens with zero attached hydrogens (tertiary/aromatic N) is 2. The Kier molecular flexibility index (Phi) is 2.42. The molecule has 2 heterocycles. The summed E-state index contributed by atoms with van der Waals surface area (Å²) in [6, 6.07) is 7.84. The Balaban J connectivity index is 2.02. The maximum Gasteiger partial charge on any atom is 0.0994 e. The third-order valence-corrected chi connectivity index (χ3v) is 3.19. The van der Waals surface area contributed by atoms with Crippen LogP contribution in [0.1, 0.15) is 11.6 Å². The molecule has 3 nitrogen and oxygen atoms in total. The lowest BCUT2D eigenvalue weighted by Crippen LogP contribution is -2.40. The molecular formula is C12H12ClN3. The zero-order chi connectivity index (χ0) is 11.0. The van der Waals surface area contributed by atoms with Gasteiger partial charge < -0.3 is 9.88 Å². The molecule has 0 saturated carbocycles. The normalized spacial score (nSPS) is 16.1. The van der Waals surface area contributed by atoms with Crippen LogP contribution in [0, 0.1) is 0 Å². The van der Waals surface area contributed by atoms with Gasteiger partial charge in [-0.15, -0.1) is 0 Å². The Morgan fingerprint density at radius 1 is 1.38 bits per heavy atom. The summed E-state index contributed by atoms with van der Waals surface area (Å²) >= 11 is 6.00. The van der Waals surface area contributed by atoms with Crippen LogP contribution in [-0.2, 0) is 0 Å². The van der Waals surface area contributed by atoms with Gasteiger partial charge in [-0.25, -0.2) is 4.98 Å². The molecule has 0 spiro atoms. The third kappa shape index (κ3) is 1.62. The Labute approximate surface area is 99.1 Å². The summed E-state index contributed by atoms with van der Waals surface area (Å²) in [5.74, 6) is 0.571. The molecule has 3 rings (SSSR count). The van der Waals surface area contributed by atoms with E-state index >= 15 is 0 Å².